The maximum absolute atomic E-state index is 13.2. The van der Waals surface area contributed by atoms with Crippen molar-refractivity contribution in [2.24, 2.45) is 0 Å². The molecule has 1 aliphatic heterocycles. The van der Waals surface area contributed by atoms with Crippen LogP contribution in [0.3, 0.4) is 0 Å². The highest BCUT2D eigenvalue weighted by molar-refractivity contribution is 5.90. The molecule has 6 nitrogen and oxygen atoms in total. The van der Waals surface area contributed by atoms with E-state index < -0.39 is 0 Å². The molecule has 28 heavy (non-hydrogen) atoms. The molecular weight excluding hydrogens is 354 g/mol. The van der Waals surface area contributed by atoms with Crippen molar-refractivity contribution >= 4 is 11.7 Å². The van der Waals surface area contributed by atoms with Crippen LogP contribution in [-0.4, -0.2) is 29.7 Å². The lowest BCUT2D eigenvalue weighted by atomic mass is 10.1. The Morgan fingerprint density at radius 2 is 1.82 bits per heavy atom. The Kier molecular flexibility index (Phi) is 4.69. The minimum Gasteiger partial charge on any atom is -0.493 e. The number of benzene rings is 2. The molecular formula is C22H23N3O3. The molecule has 6 heteroatoms. The maximum Gasteiger partial charge on any atom is 0.322 e. The van der Waals surface area contributed by atoms with E-state index in [9.17, 15) is 4.79 Å². The monoisotopic (exact) mass is 377 g/mol. The molecule has 3 aromatic rings. The van der Waals surface area contributed by atoms with Gasteiger partial charge < -0.3 is 24.3 Å². The predicted molar refractivity (Wildman–Crippen MR) is 108 cm³/mol. The molecule has 1 unspecified atom stereocenters. The molecule has 144 valence electrons. The van der Waals surface area contributed by atoms with E-state index in [4.69, 9.17) is 9.47 Å². The number of urea groups is 1. The summed E-state index contributed by atoms with van der Waals surface area (Å²) in [7, 11) is 3.16. The standard InChI is InChI=1S/C22H23N3O3/c1-15-18-9-6-12-24(18)19-8-5-4-7-16(19)14-25(15)22(26)23-17-10-11-20(27-2)21(13-17)28-3/h4-13,15H,14H2,1-3H3,(H,23,26). The summed E-state index contributed by atoms with van der Waals surface area (Å²) in [6, 6.07) is 17.3. The minimum atomic E-state index is -0.163. The number of ether oxygens (including phenoxy) is 2. The average Bonchev–Trinajstić information content (AvgIpc) is 3.17. The van der Waals surface area contributed by atoms with Crippen LogP contribution in [-0.2, 0) is 6.54 Å². The summed E-state index contributed by atoms with van der Waals surface area (Å²) in [6.07, 6.45) is 2.04. The zero-order chi connectivity index (χ0) is 19.7. The highest BCUT2D eigenvalue weighted by Crippen LogP contribution is 2.33. The van der Waals surface area contributed by atoms with Gasteiger partial charge in [0.1, 0.15) is 0 Å². The molecule has 0 saturated carbocycles. The second-order valence-electron chi connectivity index (χ2n) is 6.74. The third-order valence-electron chi connectivity index (χ3n) is 5.16. The number of methoxy groups -OCH3 is 2. The molecule has 1 atom stereocenters. The number of nitrogens with zero attached hydrogens (tertiary/aromatic N) is 2. The van der Waals surface area contributed by atoms with E-state index in [-0.39, 0.29) is 12.1 Å². The SMILES string of the molecule is COc1ccc(NC(=O)N2Cc3ccccc3-n3cccc3C2C)cc1OC. The van der Waals surface area contributed by atoms with Crippen LogP contribution in [0.4, 0.5) is 10.5 Å². The quantitative estimate of drug-likeness (QED) is 0.726. The summed E-state index contributed by atoms with van der Waals surface area (Å²) in [5, 5.41) is 2.99. The number of para-hydroxylation sites is 1. The Morgan fingerprint density at radius 3 is 2.61 bits per heavy atom. The Hall–Kier alpha value is -3.41. The molecule has 4 rings (SSSR count). The van der Waals surface area contributed by atoms with Gasteiger partial charge in [-0.1, -0.05) is 18.2 Å². The second-order valence-corrected chi connectivity index (χ2v) is 6.74. The van der Waals surface area contributed by atoms with Gasteiger partial charge in [0.15, 0.2) is 11.5 Å². The van der Waals surface area contributed by atoms with Crippen molar-refractivity contribution in [2.75, 3.05) is 19.5 Å². The molecule has 2 heterocycles. The first-order valence-electron chi connectivity index (χ1n) is 9.17. The average molecular weight is 377 g/mol. The summed E-state index contributed by atoms with van der Waals surface area (Å²) in [5.74, 6) is 1.19. The Labute approximate surface area is 164 Å². The van der Waals surface area contributed by atoms with E-state index in [1.165, 1.54) is 0 Å². The molecule has 2 amide bonds. The van der Waals surface area contributed by atoms with E-state index in [1.54, 1.807) is 32.4 Å². The van der Waals surface area contributed by atoms with Crippen molar-refractivity contribution in [3.8, 4) is 17.2 Å². The lowest BCUT2D eigenvalue weighted by Gasteiger charge is -2.27. The van der Waals surface area contributed by atoms with E-state index in [0.29, 0.717) is 23.7 Å². The number of carbonyl (C=O) groups excluding carboxylic acids is 1. The normalized spacial score (nSPS) is 15.2. The minimum absolute atomic E-state index is 0.0810. The van der Waals surface area contributed by atoms with Crippen LogP contribution in [0.2, 0.25) is 0 Å². The van der Waals surface area contributed by atoms with Gasteiger partial charge in [0, 0.05) is 23.6 Å². The van der Waals surface area contributed by atoms with Gasteiger partial charge in [0.25, 0.3) is 0 Å². The van der Waals surface area contributed by atoms with E-state index in [2.05, 4.69) is 28.1 Å². The molecule has 1 aliphatic rings. The van der Waals surface area contributed by atoms with E-state index in [1.807, 2.05) is 36.2 Å². The summed E-state index contributed by atoms with van der Waals surface area (Å²) in [5.41, 5.74) is 3.94. The lowest BCUT2D eigenvalue weighted by Crippen LogP contribution is -2.36. The number of anilines is 1. The third kappa shape index (κ3) is 3.07. The van der Waals surface area contributed by atoms with Crippen molar-refractivity contribution in [1.82, 2.24) is 9.47 Å². The highest BCUT2D eigenvalue weighted by Gasteiger charge is 2.28. The molecule has 1 aromatic heterocycles. The molecule has 0 fully saturated rings. The topological polar surface area (TPSA) is 55.7 Å². The predicted octanol–water partition coefficient (Wildman–Crippen LogP) is 4.60. The van der Waals surface area contributed by atoms with Crippen LogP contribution < -0.4 is 14.8 Å². The van der Waals surface area contributed by atoms with Crippen LogP contribution in [0.25, 0.3) is 5.69 Å². The summed E-state index contributed by atoms with van der Waals surface area (Å²) in [6.45, 7) is 2.57. The molecule has 0 saturated heterocycles. The first kappa shape index (κ1) is 18.0. The Morgan fingerprint density at radius 1 is 1.04 bits per heavy atom. The number of hydrogen-bond donors (Lipinski definition) is 1. The number of hydrogen-bond acceptors (Lipinski definition) is 3. The fraction of sp³-hybridized carbons (Fsp3) is 0.227. The number of fused-ring (bicyclic) bond motifs is 3. The zero-order valence-corrected chi connectivity index (χ0v) is 16.2. The number of aromatic nitrogens is 1. The molecule has 0 radical (unpaired) electrons. The molecule has 2 aromatic carbocycles. The van der Waals surface area contributed by atoms with E-state index in [0.717, 1.165) is 16.9 Å². The Balaban J connectivity index is 1.65. The van der Waals surface area contributed by atoms with Crippen LogP contribution in [0.1, 0.15) is 24.2 Å². The second kappa shape index (κ2) is 7.31. The highest BCUT2D eigenvalue weighted by atomic mass is 16.5. The van der Waals surface area contributed by atoms with Crippen LogP contribution in [0.5, 0.6) is 11.5 Å². The van der Waals surface area contributed by atoms with Gasteiger partial charge >= 0.3 is 6.03 Å². The third-order valence-corrected chi connectivity index (χ3v) is 5.16. The number of rotatable bonds is 3. The van der Waals surface area contributed by atoms with Crippen LogP contribution in [0, 0.1) is 0 Å². The summed E-state index contributed by atoms with van der Waals surface area (Å²) >= 11 is 0. The number of amides is 2. The van der Waals surface area contributed by atoms with Gasteiger partial charge in [-0.15, -0.1) is 0 Å². The smallest absolute Gasteiger partial charge is 0.322 e. The maximum atomic E-state index is 13.2. The molecule has 0 aliphatic carbocycles. The van der Waals surface area contributed by atoms with Gasteiger partial charge in [0.2, 0.25) is 0 Å². The lowest BCUT2D eigenvalue weighted by molar-refractivity contribution is 0.189. The van der Waals surface area contributed by atoms with Crippen LogP contribution >= 0.6 is 0 Å². The van der Waals surface area contributed by atoms with Crippen molar-refractivity contribution in [2.45, 2.75) is 19.5 Å². The zero-order valence-electron chi connectivity index (χ0n) is 16.2. The fourth-order valence-corrected chi connectivity index (χ4v) is 3.67. The van der Waals surface area contributed by atoms with Crippen molar-refractivity contribution in [3.63, 3.8) is 0 Å². The fourth-order valence-electron chi connectivity index (χ4n) is 3.67. The molecule has 0 spiro atoms. The van der Waals surface area contributed by atoms with Crippen molar-refractivity contribution in [3.05, 3.63) is 72.1 Å². The number of carbonyl (C=O) groups is 1. The van der Waals surface area contributed by atoms with Crippen molar-refractivity contribution < 1.29 is 14.3 Å². The van der Waals surface area contributed by atoms with Gasteiger partial charge in [0.05, 0.1) is 32.5 Å². The van der Waals surface area contributed by atoms with Gasteiger partial charge in [-0.05, 0) is 42.8 Å². The Bertz CT molecular complexity index is 1010. The van der Waals surface area contributed by atoms with Gasteiger partial charge in [-0.2, -0.15) is 0 Å². The van der Waals surface area contributed by atoms with Crippen LogP contribution in [0.15, 0.2) is 60.8 Å². The largest absolute Gasteiger partial charge is 0.493 e. The first-order chi connectivity index (χ1) is 13.6. The summed E-state index contributed by atoms with van der Waals surface area (Å²) < 4.78 is 12.8. The van der Waals surface area contributed by atoms with Gasteiger partial charge in [-0.3, -0.25) is 0 Å². The first-order valence-corrected chi connectivity index (χ1v) is 9.17. The van der Waals surface area contributed by atoms with E-state index >= 15 is 0 Å². The summed E-state index contributed by atoms with van der Waals surface area (Å²) in [4.78, 5) is 15.0. The molecule has 0 bridgehead atoms. The number of nitrogens with one attached hydrogen (secondary N) is 1. The van der Waals surface area contributed by atoms with Gasteiger partial charge in [-0.25, -0.2) is 4.79 Å². The molecule has 1 N–H and O–H groups in total. The van der Waals surface area contributed by atoms with Crippen molar-refractivity contribution in [1.29, 1.82) is 0 Å².